The van der Waals surface area contributed by atoms with E-state index in [2.05, 4.69) is 62.3 Å². The van der Waals surface area contributed by atoms with Gasteiger partial charge in [-0.05, 0) is 48.3 Å². The molecule has 1 heterocycles. The molecule has 0 saturated heterocycles. The van der Waals surface area contributed by atoms with E-state index in [0.29, 0.717) is 11.5 Å². The number of hydrogen-bond acceptors (Lipinski definition) is 2. The maximum Gasteiger partial charge on any atom is 0.0346 e. The van der Waals surface area contributed by atoms with Crippen molar-refractivity contribution in [2.75, 3.05) is 0 Å². The molecule has 0 bridgehead atoms. The molecule has 0 fully saturated rings. The summed E-state index contributed by atoms with van der Waals surface area (Å²) in [6, 6.07) is 9.25. The molecule has 0 amide bonds. The second-order valence-electron chi connectivity index (χ2n) is 7.29. The maximum atomic E-state index is 4.15. The molecule has 0 aliphatic heterocycles. The summed E-state index contributed by atoms with van der Waals surface area (Å²) in [5, 5.41) is 6.11. The lowest BCUT2D eigenvalue weighted by Crippen LogP contribution is -2.25. The molecule has 2 rings (SSSR count). The van der Waals surface area contributed by atoms with E-state index in [1.54, 1.807) is 0 Å². The molecule has 114 valence electrons. The van der Waals surface area contributed by atoms with Gasteiger partial charge in [-0.2, -0.15) is 0 Å². The van der Waals surface area contributed by atoms with E-state index in [1.807, 2.05) is 12.4 Å². The van der Waals surface area contributed by atoms with Gasteiger partial charge in [-0.1, -0.05) is 39.3 Å². The van der Waals surface area contributed by atoms with Crippen molar-refractivity contribution in [3.63, 3.8) is 0 Å². The van der Waals surface area contributed by atoms with Crippen LogP contribution in [0.25, 0.3) is 10.8 Å². The third-order valence-electron chi connectivity index (χ3n) is 3.92. The highest BCUT2D eigenvalue weighted by molar-refractivity contribution is 5.81. The average molecular weight is 284 g/mol. The minimum atomic E-state index is 0.450. The van der Waals surface area contributed by atoms with Gasteiger partial charge in [0.1, 0.15) is 0 Å². The fourth-order valence-corrected chi connectivity index (χ4v) is 2.58. The summed E-state index contributed by atoms with van der Waals surface area (Å²) in [5.41, 5.74) is 1.79. The zero-order chi connectivity index (χ0) is 15.3. The van der Waals surface area contributed by atoms with Gasteiger partial charge in [0.2, 0.25) is 0 Å². The van der Waals surface area contributed by atoms with E-state index in [1.165, 1.54) is 35.6 Å². The summed E-state index contributed by atoms with van der Waals surface area (Å²) in [5.74, 6) is 0. The molecular weight excluding hydrogens is 256 g/mol. The molecule has 0 unspecified atom stereocenters. The van der Waals surface area contributed by atoms with Crippen LogP contribution in [0.3, 0.4) is 0 Å². The van der Waals surface area contributed by atoms with Crippen molar-refractivity contribution in [1.82, 2.24) is 10.3 Å². The zero-order valence-corrected chi connectivity index (χ0v) is 13.8. The van der Waals surface area contributed by atoms with E-state index < -0.39 is 0 Å². The Morgan fingerprint density at radius 2 is 1.95 bits per heavy atom. The van der Waals surface area contributed by atoms with Crippen LogP contribution < -0.4 is 5.32 Å². The minimum absolute atomic E-state index is 0.450. The molecule has 2 nitrogen and oxygen atoms in total. The Morgan fingerprint density at radius 1 is 1.14 bits per heavy atom. The molecule has 0 radical (unpaired) electrons. The van der Waals surface area contributed by atoms with Crippen LogP contribution in [0.4, 0.5) is 0 Å². The summed E-state index contributed by atoms with van der Waals surface area (Å²) in [7, 11) is 0. The SMILES string of the molecule is C[C@H](CCCC(C)(C)C)NCc1ccc2cnccc2c1. The Kier molecular flexibility index (Phi) is 5.35. The van der Waals surface area contributed by atoms with Gasteiger partial charge in [0, 0.05) is 30.4 Å². The molecule has 1 aromatic carbocycles. The topological polar surface area (TPSA) is 24.9 Å². The van der Waals surface area contributed by atoms with E-state index in [4.69, 9.17) is 0 Å². The van der Waals surface area contributed by atoms with Crippen LogP contribution >= 0.6 is 0 Å². The van der Waals surface area contributed by atoms with E-state index in [9.17, 15) is 0 Å². The van der Waals surface area contributed by atoms with Gasteiger partial charge in [0.15, 0.2) is 0 Å². The molecule has 0 spiro atoms. The Labute approximate surface area is 129 Å². The molecule has 2 heteroatoms. The third-order valence-corrected chi connectivity index (χ3v) is 3.92. The number of pyridine rings is 1. The number of nitrogens with zero attached hydrogens (tertiary/aromatic N) is 1. The Hall–Kier alpha value is -1.41. The van der Waals surface area contributed by atoms with Crippen LogP contribution in [0, 0.1) is 5.41 Å². The normalized spacial score (nSPS) is 13.5. The summed E-state index contributed by atoms with van der Waals surface area (Å²) >= 11 is 0. The first kappa shape index (κ1) is 16.0. The Bertz CT molecular complexity index is 569. The molecule has 1 atom stereocenters. The molecule has 0 aliphatic rings. The van der Waals surface area contributed by atoms with Crippen molar-refractivity contribution < 1.29 is 0 Å². The molecule has 2 aromatic rings. The predicted octanol–water partition coefficient (Wildman–Crippen LogP) is 4.93. The van der Waals surface area contributed by atoms with Crippen LogP contribution in [-0.2, 0) is 6.54 Å². The lowest BCUT2D eigenvalue weighted by atomic mass is 9.89. The number of nitrogens with one attached hydrogen (secondary N) is 1. The highest BCUT2D eigenvalue weighted by Crippen LogP contribution is 2.22. The number of benzene rings is 1. The molecule has 1 N–H and O–H groups in total. The molecular formula is C19H28N2. The van der Waals surface area contributed by atoms with Crippen LogP contribution in [-0.4, -0.2) is 11.0 Å². The van der Waals surface area contributed by atoms with Gasteiger partial charge in [0.05, 0.1) is 0 Å². The maximum absolute atomic E-state index is 4.15. The van der Waals surface area contributed by atoms with Gasteiger partial charge in [-0.3, -0.25) is 4.98 Å². The van der Waals surface area contributed by atoms with Gasteiger partial charge >= 0.3 is 0 Å². The zero-order valence-electron chi connectivity index (χ0n) is 13.8. The molecule has 0 aliphatic carbocycles. The van der Waals surface area contributed by atoms with Gasteiger partial charge in [0.25, 0.3) is 0 Å². The quantitative estimate of drug-likeness (QED) is 0.813. The fraction of sp³-hybridized carbons (Fsp3) is 0.526. The van der Waals surface area contributed by atoms with Crippen LogP contribution in [0.2, 0.25) is 0 Å². The largest absolute Gasteiger partial charge is 0.310 e. The van der Waals surface area contributed by atoms with E-state index >= 15 is 0 Å². The third kappa shape index (κ3) is 5.47. The number of hydrogen-bond donors (Lipinski definition) is 1. The fourth-order valence-electron chi connectivity index (χ4n) is 2.58. The Balaban J connectivity index is 1.81. The van der Waals surface area contributed by atoms with Gasteiger partial charge in [-0.15, -0.1) is 0 Å². The molecule has 0 saturated carbocycles. The van der Waals surface area contributed by atoms with Crippen molar-refractivity contribution in [3.8, 4) is 0 Å². The lowest BCUT2D eigenvalue weighted by molar-refractivity contribution is 0.346. The van der Waals surface area contributed by atoms with Gasteiger partial charge < -0.3 is 5.32 Å². The summed E-state index contributed by atoms with van der Waals surface area (Å²) in [4.78, 5) is 4.15. The first-order chi connectivity index (χ1) is 9.94. The lowest BCUT2D eigenvalue weighted by Gasteiger charge is -2.20. The smallest absolute Gasteiger partial charge is 0.0346 e. The van der Waals surface area contributed by atoms with Crippen molar-refractivity contribution in [1.29, 1.82) is 0 Å². The van der Waals surface area contributed by atoms with Crippen molar-refractivity contribution in [2.45, 2.75) is 59.5 Å². The summed E-state index contributed by atoms with van der Waals surface area (Å²) in [6.07, 6.45) is 7.61. The second kappa shape index (κ2) is 7.04. The van der Waals surface area contributed by atoms with Crippen molar-refractivity contribution >= 4 is 10.8 Å². The summed E-state index contributed by atoms with van der Waals surface area (Å²) < 4.78 is 0. The second-order valence-corrected chi connectivity index (χ2v) is 7.29. The first-order valence-corrected chi connectivity index (χ1v) is 8.00. The highest BCUT2D eigenvalue weighted by Gasteiger charge is 2.10. The van der Waals surface area contributed by atoms with Crippen LogP contribution in [0.5, 0.6) is 0 Å². The first-order valence-electron chi connectivity index (χ1n) is 8.00. The highest BCUT2D eigenvalue weighted by atomic mass is 14.9. The monoisotopic (exact) mass is 284 g/mol. The number of aromatic nitrogens is 1. The minimum Gasteiger partial charge on any atom is -0.310 e. The average Bonchev–Trinajstić information content (AvgIpc) is 2.43. The van der Waals surface area contributed by atoms with Crippen LogP contribution in [0.15, 0.2) is 36.7 Å². The van der Waals surface area contributed by atoms with Gasteiger partial charge in [-0.25, -0.2) is 0 Å². The summed E-state index contributed by atoms with van der Waals surface area (Å²) in [6.45, 7) is 10.2. The number of rotatable bonds is 6. The molecule has 21 heavy (non-hydrogen) atoms. The van der Waals surface area contributed by atoms with E-state index in [0.717, 1.165) is 6.54 Å². The number of fused-ring (bicyclic) bond motifs is 1. The van der Waals surface area contributed by atoms with Crippen molar-refractivity contribution in [2.24, 2.45) is 5.41 Å². The van der Waals surface area contributed by atoms with E-state index in [-0.39, 0.29) is 0 Å². The molecule has 1 aromatic heterocycles. The Morgan fingerprint density at radius 3 is 2.71 bits per heavy atom. The standard InChI is InChI=1S/C19H28N2/c1-15(6-5-10-19(2,3)4)21-13-16-7-8-18-14-20-11-9-17(18)12-16/h7-9,11-12,14-15,21H,5-6,10,13H2,1-4H3/t15-/m1/s1. The van der Waals surface area contributed by atoms with Crippen molar-refractivity contribution in [3.05, 3.63) is 42.2 Å². The predicted molar refractivity (Wildman–Crippen MR) is 91.4 cm³/mol. The van der Waals surface area contributed by atoms with Crippen LogP contribution in [0.1, 0.15) is 52.5 Å².